The molecule has 94 valence electrons. The van der Waals surface area contributed by atoms with Crippen LogP contribution >= 0.6 is 15.9 Å². The molecule has 1 aromatic heterocycles. The molecular formula is C10H10BrF2NO3. The van der Waals surface area contributed by atoms with Crippen LogP contribution in [0.2, 0.25) is 0 Å². The smallest absolute Gasteiger partial charge is 0.340 e. The lowest BCUT2D eigenvalue weighted by molar-refractivity contribution is 0.0524. The van der Waals surface area contributed by atoms with E-state index in [2.05, 4.69) is 20.9 Å². The zero-order chi connectivity index (χ0) is 13.0. The molecular weight excluding hydrogens is 300 g/mol. The normalized spacial score (nSPS) is 10.5. The van der Waals surface area contributed by atoms with Crippen molar-refractivity contribution in [1.82, 2.24) is 4.98 Å². The number of halogens is 3. The van der Waals surface area contributed by atoms with Crippen molar-refractivity contribution in [1.29, 1.82) is 0 Å². The second kappa shape index (κ2) is 5.90. The zero-order valence-electron chi connectivity index (χ0n) is 9.17. The van der Waals surface area contributed by atoms with Crippen LogP contribution in [0.4, 0.5) is 8.78 Å². The van der Waals surface area contributed by atoms with Crippen LogP contribution in [0, 0.1) is 0 Å². The van der Waals surface area contributed by atoms with Gasteiger partial charge in [-0.25, -0.2) is 18.6 Å². The molecule has 1 rings (SSSR count). The first-order valence-corrected chi connectivity index (χ1v) is 5.50. The van der Waals surface area contributed by atoms with Crippen molar-refractivity contribution in [3.63, 3.8) is 0 Å². The lowest BCUT2D eigenvalue weighted by Crippen LogP contribution is -2.09. The van der Waals surface area contributed by atoms with E-state index >= 15 is 0 Å². The molecule has 0 saturated heterocycles. The van der Waals surface area contributed by atoms with E-state index in [4.69, 9.17) is 9.47 Å². The van der Waals surface area contributed by atoms with Gasteiger partial charge in [-0.3, -0.25) is 0 Å². The van der Waals surface area contributed by atoms with Crippen molar-refractivity contribution in [2.24, 2.45) is 0 Å². The van der Waals surface area contributed by atoms with Crippen LogP contribution in [0.3, 0.4) is 0 Å². The molecule has 0 unspecified atom stereocenters. The Bertz CT molecular complexity index is 426. The van der Waals surface area contributed by atoms with E-state index in [0.29, 0.717) is 0 Å². The van der Waals surface area contributed by atoms with Gasteiger partial charge >= 0.3 is 5.97 Å². The Hall–Kier alpha value is -1.24. The number of aromatic nitrogens is 1. The van der Waals surface area contributed by atoms with Crippen molar-refractivity contribution in [3.8, 4) is 5.88 Å². The Morgan fingerprint density at radius 1 is 1.59 bits per heavy atom. The molecule has 1 aromatic rings. The number of hydrogen-bond donors (Lipinski definition) is 0. The highest BCUT2D eigenvalue weighted by Gasteiger charge is 2.22. The number of methoxy groups -OCH3 is 1. The summed E-state index contributed by atoms with van der Waals surface area (Å²) in [4.78, 5) is 15.2. The van der Waals surface area contributed by atoms with Gasteiger partial charge in [-0.05, 0) is 28.9 Å². The molecule has 4 nitrogen and oxygen atoms in total. The molecule has 0 aliphatic heterocycles. The Labute approximate surface area is 105 Å². The highest BCUT2D eigenvalue weighted by atomic mass is 79.9. The molecule has 0 atom stereocenters. The van der Waals surface area contributed by atoms with Crippen molar-refractivity contribution >= 4 is 21.9 Å². The molecule has 7 heteroatoms. The molecule has 0 saturated carbocycles. The third-order valence-electron chi connectivity index (χ3n) is 1.89. The Morgan fingerprint density at radius 3 is 2.71 bits per heavy atom. The van der Waals surface area contributed by atoms with E-state index in [9.17, 15) is 13.6 Å². The predicted molar refractivity (Wildman–Crippen MR) is 59.4 cm³/mol. The molecule has 0 aliphatic carbocycles. The molecule has 0 bridgehead atoms. The van der Waals surface area contributed by atoms with Gasteiger partial charge in [0, 0.05) is 0 Å². The number of nitrogens with zero attached hydrogens (tertiary/aromatic N) is 1. The third-order valence-corrected chi connectivity index (χ3v) is 2.50. The maximum atomic E-state index is 12.7. The fourth-order valence-electron chi connectivity index (χ4n) is 1.16. The van der Waals surface area contributed by atoms with Crippen molar-refractivity contribution in [2.75, 3.05) is 13.7 Å². The van der Waals surface area contributed by atoms with Gasteiger partial charge in [0.2, 0.25) is 5.88 Å². The number of alkyl halides is 2. The summed E-state index contributed by atoms with van der Waals surface area (Å²) < 4.78 is 34.9. The topological polar surface area (TPSA) is 48.4 Å². The van der Waals surface area contributed by atoms with Crippen molar-refractivity contribution in [3.05, 3.63) is 21.8 Å². The molecule has 0 aliphatic rings. The Morgan fingerprint density at radius 2 is 2.24 bits per heavy atom. The maximum absolute atomic E-state index is 12.7. The fourth-order valence-corrected chi connectivity index (χ4v) is 1.60. The average molecular weight is 310 g/mol. The second-order valence-corrected chi connectivity index (χ2v) is 3.70. The van der Waals surface area contributed by atoms with Crippen LogP contribution in [-0.2, 0) is 4.74 Å². The second-order valence-electron chi connectivity index (χ2n) is 2.95. The highest BCUT2D eigenvalue weighted by Crippen LogP contribution is 2.31. The molecule has 0 radical (unpaired) electrons. The SMILES string of the molecule is CCOC(=O)c1cc(C(F)F)c(OC)nc1Br. The summed E-state index contributed by atoms with van der Waals surface area (Å²) in [7, 11) is 1.23. The van der Waals surface area contributed by atoms with Gasteiger partial charge in [0.05, 0.1) is 24.8 Å². The molecule has 1 heterocycles. The molecule has 17 heavy (non-hydrogen) atoms. The fraction of sp³-hybridized carbons (Fsp3) is 0.400. The Kier molecular flexibility index (Phi) is 4.80. The van der Waals surface area contributed by atoms with Crippen LogP contribution in [0.15, 0.2) is 10.7 Å². The summed E-state index contributed by atoms with van der Waals surface area (Å²) in [6.07, 6.45) is -2.78. The minimum absolute atomic E-state index is 0.0528. The van der Waals surface area contributed by atoms with Crippen LogP contribution in [0.1, 0.15) is 29.3 Å². The first-order chi connectivity index (χ1) is 8.01. The van der Waals surface area contributed by atoms with Gasteiger partial charge in [0.15, 0.2) is 0 Å². The lowest BCUT2D eigenvalue weighted by atomic mass is 10.2. The predicted octanol–water partition coefficient (Wildman–Crippen LogP) is 2.97. The van der Waals surface area contributed by atoms with Crippen molar-refractivity contribution < 1.29 is 23.0 Å². The standard InChI is InChI=1S/C10H10BrF2NO3/c1-3-17-10(15)5-4-6(8(12)13)9(16-2)14-7(5)11/h4,8H,3H2,1-2H3. The number of rotatable bonds is 4. The summed E-state index contributed by atoms with van der Waals surface area (Å²) in [6.45, 7) is 1.78. The maximum Gasteiger partial charge on any atom is 0.340 e. The summed E-state index contributed by atoms with van der Waals surface area (Å²) in [6, 6.07) is 1.01. The Balaban J connectivity index is 3.24. The van der Waals surface area contributed by atoms with E-state index in [0.717, 1.165) is 6.07 Å². The zero-order valence-corrected chi connectivity index (χ0v) is 10.8. The molecule has 0 N–H and O–H groups in total. The molecule has 0 fully saturated rings. The summed E-state index contributed by atoms with van der Waals surface area (Å²) in [5.41, 5.74) is -0.498. The van der Waals surface area contributed by atoms with Crippen LogP contribution in [-0.4, -0.2) is 24.7 Å². The summed E-state index contributed by atoms with van der Waals surface area (Å²) in [5.74, 6) is -0.934. The monoisotopic (exact) mass is 309 g/mol. The van der Waals surface area contributed by atoms with Gasteiger partial charge in [-0.2, -0.15) is 0 Å². The quantitative estimate of drug-likeness (QED) is 0.634. The number of carbonyl (C=O) groups is 1. The van der Waals surface area contributed by atoms with E-state index in [1.807, 2.05) is 0 Å². The minimum atomic E-state index is -2.78. The van der Waals surface area contributed by atoms with Gasteiger partial charge in [0.1, 0.15) is 4.60 Å². The lowest BCUT2D eigenvalue weighted by Gasteiger charge is -2.10. The number of hydrogen-bond acceptors (Lipinski definition) is 4. The van der Waals surface area contributed by atoms with Gasteiger partial charge in [-0.1, -0.05) is 0 Å². The molecule has 0 aromatic carbocycles. The first kappa shape index (κ1) is 13.8. The average Bonchev–Trinajstić information content (AvgIpc) is 2.28. The van der Waals surface area contributed by atoms with E-state index in [-0.39, 0.29) is 22.7 Å². The third kappa shape index (κ3) is 3.12. The number of ether oxygens (including phenoxy) is 2. The van der Waals surface area contributed by atoms with E-state index < -0.39 is 18.0 Å². The van der Waals surface area contributed by atoms with Gasteiger partial charge < -0.3 is 9.47 Å². The summed E-state index contributed by atoms with van der Waals surface area (Å²) in [5, 5.41) is 0. The first-order valence-electron chi connectivity index (χ1n) is 4.71. The van der Waals surface area contributed by atoms with Crippen LogP contribution in [0.5, 0.6) is 5.88 Å². The molecule has 0 spiro atoms. The largest absolute Gasteiger partial charge is 0.481 e. The van der Waals surface area contributed by atoms with Crippen molar-refractivity contribution in [2.45, 2.75) is 13.3 Å². The van der Waals surface area contributed by atoms with Crippen LogP contribution in [0.25, 0.3) is 0 Å². The number of pyridine rings is 1. The van der Waals surface area contributed by atoms with Crippen LogP contribution < -0.4 is 4.74 Å². The summed E-state index contributed by atoms with van der Waals surface area (Å²) >= 11 is 3.00. The number of carbonyl (C=O) groups excluding carboxylic acids is 1. The molecule has 0 amide bonds. The number of esters is 1. The minimum Gasteiger partial charge on any atom is -0.481 e. The van der Waals surface area contributed by atoms with E-state index in [1.54, 1.807) is 6.92 Å². The van der Waals surface area contributed by atoms with Gasteiger partial charge in [-0.15, -0.1) is 0 Å². The van der Waals surface area contributed by atoms with Gasteiger partial charge in [0.25, 0.3) is 6.43 Å². The highest BCUT2D eigenvalue weighted by molar-refractivity contribution is 9.10. The van der Waals surface area contributed by atoms with E-state index in [1.165, 1.54) is 7.11 Å².